The van der Waals surface area contributed by atoms with E-state index in [1.165, 1.54) is 32.1 Å². The maximum atomic E-state index is 6.14. The lowest BCUT2D eigenvalue weighted by atomic mass is 10.1. The fourth-order valence-electron chi connectivity index (χ4n) is 4.11. The minimum Gasteiger partial charge on any atom is -0.376 e. The van der Waals surface area contributed by atoms with Gasteiger partial charge < -0.3 is 19.7 Å². The summed E-state index contributed by atoms with van der Waals surface area (Å²) < 4.78 is 11.9. The van der Waals surface area contributed by atoms with Crippen molar-refractivity contribution < 1.29 is 9.47 Å². The molecule has 1 atom stereocenters. The molecule has 0 spiro atoms. The number of likely N-dealkylation sites (tertiary alicyclic amines) is 1. The van der Waals surface area contributed by atoms with E-state index in [4.69, 9.17) is 14.5 Å². The smallest absolute Gasteiger partial charge is 0.193 e. The summed E-state index contributed by atoms with van der Waals surface area (Å²) in [6.07, 6.45) is 13.9. The second kappa shape index (κ2) is 13.0. The van der Waals surface area contributed by atoms with Gasteiger partial charge in [-0.3, -0.25) is 4.99 Å². The first-order valence-electron chi connectivity index (χ1n) is 10.8. The highest BCUT2D eigenvalue weighted by Gasteiger charge is 2.23. The molecule has 156 valence electrons. The van der Waals surface area contributed by atoms with Crippen molar-refractivity contribution in [3.63, 3.8) is 0 Å². The summed E-state index contributed by atoms with van der Waals surface area (Å²) in [4.78, 5) is 7.28. The van der Waals surface area contributed by atoms with E-state index < -0.39 is 0 Å². The first kappa shape index (κ1) is 22.9. The Morgan fingerprint density at radius 1 is 1.26 bits per heavy atom. The quantitative estimate of drug-likeness (QED) is 0.252. The molecule has 27 heavy (non-hydrogen) atoms. The molecule has 1 N–H and O–H groups in total. The monoisotopic (exact) mass is 491 g/mol. The third-order valence-corrected chi connectivity index (χ3v) is 5.70. The Kier molecular flexibility index (Phi) is 11.0. The van der Waals surface area contributed by atoms with E-state index >= 15 is 0 Å². The van der Waals surface area contributed by atoms with E-state index in [9.17, 15) is 0 Å². The van der Waals surface area contributed by atoms with Gasteiger partial charge in [-0.05, 0) is 64.7 Å². The molecule has 2 saturated heterocycles. The topological polar surface area (TPSA) is 46.1 Å². The minimum absolute atomic E-state index is 0. The molecular formula is C21H38IN3O2. The molecule has 0 aromatic heterocycles. The van der Waals surface area contributed by atoms with Crippen molar-refractivity contribution in [3.05, 3.63) is 11.6 Å². The zero-order chi connectivity index (χ0) is 18.0. The van der Waals surface area contributed by atoms with Gasteiger partial charge >= 0.3 is 0 Å². The van der Waals surface area contributed by atoms with Gasteiger partial charge in [0.2, 0.25) is 0 Å². The van der Waals surface area contributed by atoms with Crippen LogP contribution in [0.5, 0.6) is 0 Å². The zero-order valence-electron chi connectivity index (χ0n) is 17.0. The number of ether oxygens (including phenoxy) is 2. The maximum Gasteiger partial charge on any atom is 0.193 e. The van der Waals surface area contributed by atoms with E-state index in [1.54, 1.807) is 5.57 Å². The molecule has 0 bridgehead atoms. The molecular weight excluding hydrogens is 453 g/mol. The molecule has 3 aliphatic rings. The highest BCUT2D eigenvalue weighted by molar-refractivity contribution is 14.0. The lowest BCUT2D eigenvalue weighted by Crippen LogP contribution is -2.47. The van der Waals surface area contributed by atoms with Crippen molar-refractivity contribution >= 4 is 29.9 Å². The van der Waals surface area contributed by atoms with Gasteiger partial charge in [0, 0.05) is 32.8 Å². The van der Waals surface area contributed by atoms with Gasteiger partial charge in [0.15, 0.2) is 5.96 Å². The summed E-state index contributed by atoms with van der Waals surface area (Å²) >= 11 is 0. The fourth-order valence-corrected chi connectivity index (χ4v) is 4.11. The van der Waals surface area contributed by atoms with Gasteiger partial charge in [-0.25, -0.2) is 0 Å². The van der Waals surface area contributed by atoms with Crippen molar-refractivity contribution in [2.24, 2.45) is 4.99 Å². The number of nitrogens with zero attached hydrogens (tertiary/aromatic N) is 2. The summed E-state index contributed by atoms with van der Waals surface area (Å²) in [6, 6.07) is 0. The number of halogens is 1. The van der Waals surface area contributed by atoms with Crippen molar-refractivity contribution in [1.82, 2.24) is 10.2 Å². The molecule has 1 unspecified atom stereocenters. The van der Waals surface area contributed by atoms with Crippen LogP contribution in [-0.2, 0) is 9.47 Å². The lowest BCUT2D eigenvalue weighted by Gasteiger charge is -2.35. The molecule has 0 radical (unpaired) electrons. The SMILES string of the molecule is CCNC(=NCCC1=CCCC1)N1CCC(OCC2CCCCO2)CC1.I. The number of hydrogen-bond acceptors (Lipinski definition) is 3. The molecule has 6 heteroatoms. The number of aliphatic imine (C=N–C) groups is 1. The zero-order valence-corrected chi connectivity index (χ0v) is 19.3. The number of nitrogens with one attached hydrogen (secondary N) is 1. The largest absolute Gasteiger partial charge is 0.376 e. The number of allylic oxidation sites excluding steroid dienone is 1. The molecule has 2 heterocycles. The Labute approximate surface area is 182 Å². The fraction of sp³-hybridized carbons (Fsp3) is 0.857. The first-order valence-corrected chi connectivity index (χ1v) is 10.8. The normalized spacial score (nSPS) is 24.5. The lowest BCUT2D eigenvalue weighted by molar-refractivity contribution is -0.0721. The Morgan fingerprint density at radius 2 is 2.11 bits per heavy atom. The van der Waals surface area contributed by atoms with E-state index in [0.29, 0.717) is 12.2 Å². The molecule has 0 aromatic rings. The Bertz CT molecular complexity index is 470. The third kappa shape index (κ3) is 7.89. The average molecular weight is 491 g/mol. The highest BCUT2D eigenvalue weighted by atomic mass is 127. The van der Waals surface area contributed by atoms with Crippen LogP contribution in [0.4, 0.5) is 0 Å². The molecule has 5 nitrogen and oxygen atoms in total. The summed E-state index contributed by atoms with van der Waals surface area (Å²) in [6.45, 7) is 7.73. The van der Waals surface area contributed by atoms with Crippen LogP contribution in [0.1, 0.15) is 64.7 Å². The van der Waals surface area contributed by atoms with Crippen LogP contribution in [-0.4, -0.2) is 62.5 Å². The summed E-state index contributed by atoms with van der Waals surface area (Å²) in [5.74, 6) is 1.08. The van der Waals surface area contributed by atoms with Crippen LogP contribution in [0, 0.1) is 0 Å². The number of rotatable bonds is 7. The van der Waals surface area contributed by atoms with Crippen LogP contribution >= 0.6 is 24.0 Å². The van der Waals surface area contributed by atoms with E-state index in [0.717, 1.165) is 71.0 Å². The van der Waals surface area contributed by atoms with Crippen LogP contribution < -0.4 is 5.32 Å². The summed E-state index contributed by atoms with van der Waals surface area (Å²) in [5, 5.41) is 3.47. The Morgan fingerprint density at radius 3 is 2.78 bits per heavy atom. The average Bonchev–Trinajstić information content (AvgIpc) is 3.20. The minimum atomic E-state index is 0. The molecule has 2 aliphatic heterocycles. The van der Waals surface area contributed by atoms with Gasteiger partial charge in [-0.15, -0.1) is 24.0 Å². The predicted molar refractivity (Wildman–Crippen MR) is 122 cm³/mol. The van der Waals surface area contributed by atoms with E-state index in [2.05, 4.69) is 23.2 Å². The van der Waals surface area contributed by atoms with Crippen LogP contribution in [0.2, 0.25) is 0 Å². The van der Waals surface area contributed by atoms with Crippen LogP contribution in [0.3, 0.4) is 0 Å². The number of piperidine rings is 1. The van der Waals surface area contributed by atoms with Crippen molar-refractivity contribution in [2.75, 3.05) is 39.4 Å². The Hall–Kier alpha value is -0.340. The van der Waals surface area contributed by atoms with Crippen molar-refractivity contribution in [1.29, 1.82) is 0 Å². The van der Waals surface area contributed by atoms with Gasteiger partial charge in [0.1, 0.15) is 0 Å². The molecule has 3 rings (SSSR count). The standard InChI is InChI=1S/C21H37N3O2.HI/c1-2-22-21(23-13-10-18-7-3-4-8-18)24-14-11-19(12-15-24)26-17-20-9-5-6-16-25-20;/h7,19-20H,2-6,8-17H2,1H3,(H,22,23);1H. The highest BCUT2D eigenvalue weighted by Crippen LogP contribution is 2.21. The number of hydrogen-bond donors (Lipinski definition) is 1. The second-order valence-corrected chi connectivity index (χ2v) is 7.75. The molecule has 0 aromatic carbocycles. The second-order valence-electron chi connectivity index (χ2n) is 7.75. The molecule has 0 saturated carbocycles. The van der Waals surface area contributed by atoms with Crippen LogP contribution in [0.25, 0.3) is 0 Å². The summed E-state index contributed by atoms with van der Waals surface area (Å²) in [5.41, 5.74) is 1.60. The number of guanidine groups is 1. The molecule has 1 aliphatic carbocycles. The van der Waals surface area contributed by atoms with Gasteiger partial charge in [-0.1, -0.05) is 11.6 Å². The summed E-state index contributed by atoms with van der Waals surface area (Å²) in [7, 11) is 0. The van der Waals surface area contributed by atoms with Crippen molar-refractivity contribution in [2.45, 2.75) is 76.9 Å². The van der Waals surface area contributed by atoms with Gasteiger partial charge in [0.05, 0.1) is 18.8 Å². The maximum absolute atomic E-state index is 6.14. The van der Waals surface area contributed by atoms with E-state index in [-0.39, 0.29) is 24.0 Å². The predicted octanol–water partition coefficient (Wildman–Crippen LogP) is 4.12. The third-order valence-electron chi connectivity index (χ3n) is 5.70. The molecule has 2 fully saturated rings. The van der Waals surface area contributed by atoms with Gasteiger partial charge in [0.25, 0.3) is 0 Å². The van der Waals surface area contributed by atoms with E-state index in [1.807, 2.05) is 0 Å². The van der Waals surface area contributed by atoms with Crippen LogP contribution in [0.15, 0.2) is 16.6 Å². The Balaban J connectivity index is 0.00000261. The van der Waals surface area contributed by atoms with Gasteiger partial charge in [-0.2, -0.15) is 0 Å². The molecule has 0 amide bonds. The first-order chi connectivity index (χ1) is 12.8. The van der Waals surface area contributed by atoms with Crippen molar-refractivity contribution in [3.8, 4) is 0 Å².